The molecule has 2 nitrogen and oxygen atoms in total. The molecule has 1 heterocycles. The van der Waals surface area contributed by atoms with Crippen molar-refractivity contribution < 1.29 is 0 Å². The summed E-state index contributed by atoms with van der Waals surface area (Å²) in [6.07, 6.45) is 9.64. The second-order valence-corrected chi connectivity index (χ2v) is 5.05. The lowest BCUT2D eigenvalue weighted by molar-refractivity contribution is 0.348. The van der Waals surface area contributed by atoms with Crippen LogP contribution in [0.2, 0.25) is 0 Å². The third kappa shape index (κ3) is 1.85. The largest absolute Gasteiger partial charge is 0.385 e. The molecule has 0 aliphatic heterocycles. The number of rotatable bonds is 3. The van der Waals surface area contributed by atoms with Crippen LogP contribution in [0.1, 0.15) is 25.7 Å². The molecule has 1 aromatic heterocycles. The second kappa shape index (κ2) is 3.84. The van der Waals surface area contributed by atoms with Gasteiger partial charge >= 0.3 is 0 Å². The Hall–Kier alpha value is -1.05. The minimum Gasteiger partial charge on any atom is -0.385 e. The van der Waals surface area contributed by atoms with E-state index in [1.807, 2.05) is 24.5 Å². The fraction of sp³-hybridized carbons (Fsp3) is 0.615. The Balaban J connectivity index is 1.55. The lowest BCUT2D eigenvalue weighted by Gasteiger charge is -2.22. The van der Waals surface area contributed by atoms with Gasteiger partial charge in [-0.3, -0.25) is 4.98 Å². The minimum absolute atomic E-state index is 0.928. The van der Waals surface area contributed by atoms with Crippen molar-refractivity contribution in [1.29, 1.82) is 0 Å². The van der Waals surface area contributed by atoms with Gasteiger partial charge < -0.3 is 5.32 Å². The van der Waals surface area contributed by atoms with Gasteiger partial charge in [-0.25, -0.2) is 0 Å². The highest BCUT2D eigenvalue weighted by Crippen LogP contribution is 2.48. The van der Waals surface area contributed by atoms with E-state index in [1.165, 1.54) is 31.4 Å². The van der Waals surface area contributed by atoms with Crippen LogP contribution in [0.25, 0.3) is 0 Å². The first kappa shape index (κ1) is 9.20. The summed E-state index contributed by atoms with van der Waals surface area (Å²) in [5.41, 5.74) is 1.22. The molecule has 1 N–H and O–H groups in total. The molecule has 15 heavy (non-hydrogen) atoms. The number of nitrogens with zero attached hydrogens (tertiary/aromatic N) is 1. The van der Waals surface area contributed by atoms with Gasteiger partial charge in [0, 0.05) is 24.6 Å². The molecule has 2 saturated carbocycles. The van der Waals surface area contributed by atoms with E-state index < -0.39 is 0 Å². The maximum Gasteiger partial charge on any atom is 0.0371 e. The van der Waals surface area contributed by atoms with Crippen molar-refractivity contribution in [2.75, 3.05) is 11.9 Å². The van der Waals surface area contributed by atoms with Crippen molar-refractivity contribution in [3.63, 3.8) is 0 Å². The van der Waals surface area contributed by atoms with E-state index in [0.717, 1.165) is 24.3 Å². The molecule has 3 atom stereocenters. The first-order valence-electron chi connectivity index (χ1n) is 6.06. The zero-order valence-corrected chi connectivity index (χ0v) is 9.02. The van der Waals surface area contributed by atoms with Crippen molar-refractivity contribution >= 4 is 5.69 Å². The quantitative estimate of drug-likeness (QED) is 0.815. The fourth-order valence-electron chi connectivity index (χ4n) is 3.35. The summed E-state index contributed by atoms with van der Waals surface area (Å²) in [5, 5.41) is 3.53. The standard InChI is InChI=1S/C13H18N2/c1-2-11-7-10(1)8-12(11)9-15-13-3-5-14-6-4-13/h3-6,10-12H,1-2,7-9H2,(H,14,15). The number of fused-ring (bicyclic) bond motifs is 2. The first-order valence-corrected chi connectivity index (χ1v) is 6.06. The van der Waals surface area contributed by atoms with Crippen LogP contribution in [0, 0.1) is 17.8 Å². The molecule has 0 radical (unpaired) electrons. The highest BCUT2D eigenvalue weighted by atomic mass is 14.9. The molecular formula is C13H18N2. The van der Waals surface area contributed by atoms with Gasteiger partial charge in [0.1, 0.15) is 0 Å². The smallest absolute Gasteiger partial charge is 0.0371 e. The van der Waals surface area contributed by atoms with Crippen molar-refractivity contribution in [3.05, 3.63) is 24.5 Å². The lowest BCUT2D eigenvalue weighted by Crippen LogP contribution is -2.20. The summed E-state index contributed by atoms with van der Waals surface area (Å²) in [6.45, 7) is 1.16. The Labute approximate surface area is 91.1 Å². The van der Waals surface area contributed by atoms with Crippen LogP contribution in [0.4, 0.5) is 5.69 Å². The highest BCUT2D eigenvalue weighted by Gasteiger charge is 2.38. The Morgan fingerprint density at radius 1 is 1.20 bits per heavy atom. The van der Waals surface area contributed by atoms with Crippen LogP contribution in [0.15, 0.2) is 24.5 Å². The van der Waals surface area contributed by atoms with Crippen molar-refractivity contribution in [2.45, 2.75) is 25.7 Å². The van der Waals surface area contributed by atoms with Crippen LogP contribution in [-0.2, 0) is 0 Å². The average Bonchev–Trinajstić information content (AvgIpc) is 2.89. The highest BCUT2D eigenvalue weighted by molar-refractivity contribution is 5.40. The van der Waals surface area contributed by atoms with Gasteiger partial charge in [0.15, 0.2) is 0 Å². The predicted octanol–water partition coefficient (Wildman–Crippen LogP) is 2.93. The number of pyridine rings is 1. The molecular weight excluding hydrogens is 184 g/mol. The summed E-state index contributed by atoms with van der Waals surface area (Å²) in [7, 11) is 0. The normalized spacial score (nSPS) is 33.2. The minimum atomic E-state index is 0.928. The third-order valence-electron chi connectivity index (χ3n) is 4.13. The van der Waals surface area contributed by atoms with Crippen molar-refractivity contribution in [2.24, 2.45) is 17.8 Å². The number of anilines is 1. The van der Waals surface area contributed by atoms with Crippen LogP contribution >= 0.6 is 0 Å². The third-order valence-corrected chi connectivity index (χ3v) is 4.13. The van der Waals surface area contributed by atoms with E-state index in [-0.39, 0.29) is 0 Å². The van der Waals surface area contributed by atoms with E-state index in [0.29, 0.717) is 0 Å². The summed E-state index contributed by atoms with van der Waals surface area (Å²) >= 11 is 0. The molecule has 2 aliphatic rings. The topological polar surface area (TPSA) is 24.9 Å². The van der Waals surface area contributed by atoms with Gasteiger partial charge in [-0.15, -0.1) is 0 Å². The SMILES string of the molecule is c1cc(NCC2CC3CCC2C3)ccn1. The summed E-state index contributed by atoms with van der Waals surface area (Å²) in [5.74, 6) is 3.00. The lowest BCUT2D eigenvalue weighted by atomic mass is 9.89. The molecule has 0 aromatic carbocycles. The van der Waals surface area contributed by atoms with Crippen LogP contribution in [-0.4, -0.2) is 11.5 Å². The predicted molar refractivity (Wildman–Crippen MR) is 61.7 cm³/mol. The van der Waals surface area contributed by atoms with Crippen LogP contribution < -0.4 is 5.32 Å². The van der Waals surface area contributed by atoms with Gasteiger partial charge in [0.05, 0.1) is 0 Å². The monoisotopic (exact) mass is 202 g/mol. The summed E-state index contributed by atoms with van der Waals surface area (Å²) in [6, 6.07) is 4.10. The molecule has 3 rings (SSSR count). The van der Waals surface area contributed by atoms with Gasteiger partial charge in [0.25, 0.3) is 0 Å². The number of hydrogen-bond donors (Lipinski definition) is 1. The van der Waals surface area contributed by atoms with Gasteiger partial charge in [0.2, 0.25) is 0 Å². The molecule has 0 amide bonds. The molecule has 2 aliphatic carbocycles. The number of aromatic nitrogens is 1. The Morgan fingerprint density at radius 3 is 2.73 bits per heavy atom. The molecule has 80 valence electrons. The maximum absolute atomic E-state index is 4.02. The molecule has 1 aromatic rings. The van der Waals surface area contributed by atoms with Gasteiger partial charge in [-0.1, -0.05) is 6.42 Å². The molecule has 2 fully saturated rings. The summed E-state index contributed by atoms with van der Waals surface area (Å²) in [4.78, 5) is 4.02. The first-order chi connectivity index (χ1) is 7.42. The molecule has 0 spiro atoms. The zero-order valence-electron chi connectivity index (χ0n) is 9.02. The maximum atomic E-state index is 4.02. The molecule has 2 heteroatoms. The number of hydrogen-bond acceptors (Lipinski definition) is 2. The Kier molecular flexibility index (Phi) is 2.35. The second-order valence-electron chi connectivity index (χ2n) is 5.05. The zero-order chi connectivity index (χ0) is 10.1. The van der Waals surface area contributed by atoms with Gasteiger partial charge in [-0.05, 0) is 49.1 Å². The van der Waals surface area contributed by atoms with Crippen molar-refractivity contribution in [1.82, 2.24) is 4.98 Å². The Morgan fingerprint density at radius 2 is 2.07 bits per heavy atom. The number of nitrogens with one attached hydrogen (secondary N) is 1. The van der Waals surface area contributed by atoms with E-state index in [9.17, 15) is 0 Å². The van der Waals surface area contributed by atoms with E-state index in [1.54, 1.807) is 0 Å². The molecule has 3 unspecified atom stereocenters. The fourth-order valence-corrected chi connectivity index (χ4v) is 3.35. The van der Waals surface area contributed by atoms with E-state index in [4.69, 9.17) is 0 Å². The Bertz CT molecular complexity index is 323. The molecule has 0 saturated heterocycles. The van der Waals surface area contributed by atoms with Crippen LogP contribution in [0.5, 0.6) is 0 Å². The molecule has 2 bridgehead atoms. The summed E-state index contributed by atoms with van der Waals surface area (Å²) < 4.78 is 0. The van der Waals surface area contributed by atoms with Crippen molar-refractivity contribution in [3.8, 4) is 0 Å². The van der Waals surface area contributed by atoms with Crippen LogP contribution in [0.3, 0.4) is 0 Å². The average molecular weight is 202 g/mol. The van der Waals surface area contributed by atoms with E-state index in [2.05, 4.69) is 10.3 Å². The van der Waals surface area contributed by atoms with Gasteiger partial charge in [-0.2, -0.15) is 0 Å². The van der Waals surface area contributed by atoms with E-state index >= 15 is 0 Å².